The Balaban J connectivity index is 4.09. The second-order valence-corrected chi connectivity index (χ2v) is 2.79. The van der Waals surface area contributed by atoms with E-state index in [4.69, 9.17) is 5.26 Å². The lowest BCUT2D eigenvalue weighted by molar-refractivity contribution is -0.144. The van der Waals surface area contributed by atoms with Crippen LogP contribution in [0.15, 0.2) is 0 Å². The molecular weight excluding hydrogens is 186 g/mol. The van der Waals surface area contributed by atoms with Crippen LogP contribution < -0.4 is 0 Å². The lowest BCUT2D eigenvalue weighted by Gasteiger charge is -2.09. The van der Waals surface area contributed by atoms with E-state index in [1.165, 1.54) is 14.2 Å². The molecule has 0 aromatic heterocycles. The van der Waals surface area contributed by atoms with Crippen molar-refractivity contribution in [3.8, 4) is 6.07 Å². The van der Waals surface area contributed by atoms with Crippen LogP contribution in [0.3, 0.4) is 0 Å². The SMILES string of the molecule is COC(=O)CC(CC#N)CC(=O)OC. The number of nitriles is 1. The van der Waals surface area contributed by atoms with Gasteiger partial charge >= 0.3 is 11.9 Å². The zero-order valence-electron chi connectivity index (χ0n) is 8.28. The van der Waals surface area contributed by atoms with Crippen LogP contribution in [-0.4, -0.2) is 26.2 Å². The van der Waals surface area contributed by atoms with Crippen LogP contribution in [0, 0.1) is 17.2 Å². The van der Waals surface area contributed by atoms with Gasteiger partial charge in [-0.3, -0.25) is 9.59 Å². The fourth-order valence-electron chi connectivity index (χ4n) is 0.984. The smallest absolute Gasteiger partial charge is 0.305 e. The van der Waals surface area contributed by atoms with Gasteiger partial charge in [-0.1, -0.05) is 0 Å². The molecular formula is C9H13NO4. The van der Waals surface area contributed by atoms with E-state index in [0.29, 0.717) is 0 Å². The molecule has 0 aliphatic heterocycles. The average molecular weight is 199 g/mol. The van der Waals surface area contributed by atoms with E-state index in [-0.39, 0.29) is 25.2 Å². The second kappa shape index (κ2) is 6.89. The van der Waals surface area contributed by atoms with Crippen LogP contribution in [0.1, 0.15) is 19.3 Å². The van der Waals surface area contributed by atoms with E-state index in [0.717, 1.165) is 0 Å². The molecule has 0 aromatic carbocycles. The summed E-state index contributed by atoms with van der Waals surface area (Å²) in [4.78, 5) is 21.8. The first-order valence-electron chi connectivity index (χ1n) is 4.14. The lowest BCUT2D eigenvalue weighted by atomic mass is 9.98. The predicted octanol–water partition coefficient (Wildman–Crippen LogP) is 0.642. The second-order valence-electron chi connectivity index (χ2n) is 2.79. The first-order valence-corrected chi connectivity index (χ1v) is 4.14. The largest absolute Gasteiger partial charge is 0.469 e. The molecule has 0 radical (unpaired) electrons. The molecule has 0 spiro atoms. The Morgan fingerprint density at radius 2 is 1.64 bits per heavy atom. The summed E-state index contributed by atoms with van der Waals surface area (Å²) in [5.74, 6) is -1.16. The molecule has 0 atom stereocenters. The first-order chi connectivity index (χ1) is 6.63. The molecule has 0 N–H and O–H groups in total. The Kier molecular flexibility index (Phi) is 6.12. The average Bonchev–Trinajstić information content (AvgIpc) is 2.17. The molecule has 0 rings (SSSR count). The molecule has 5 nitrogen and oxygen atoms in total. The minimum atomic E-state index is -0.422. The molecule has 0 fully saturated rings. The van der Waals surface area contributed by atoms with E-state index in [1.54, 1.807) is 0 Å². The molecule has 0 amide bonds. The maximum atomic E-state index is 10.9. The van der Waals surface area contributed by atoms with Crippen molar-refractivity contribution in [1.29, 1.82) is 5.26 Å². The first kappa shape index (κ1) is 12.4. The molecule has 14 heavy (non-hydrogen) atoms. The molecule has 0 aromatic rings. The Hall–Kier alpha value is -1.57. The predicted molar refractivity (Wildman–Crippen MR) is 47.0 cm³/mol. The van der Waals surface area contributed by atoms with Crippen molar-refractivity contribution < 1.29 is 19.1 Å². The van der Waals surface area contributed by atoms with E-state index < -0.39 is 11.9 Å². The van der Waals surface area contributed by atoms with Crippen LogP contribution in [-0.2, 0) is 19.1 Å². The summed E-state index contributed by atoms with van der Waals surface area (Å²) in [7, 11) is 2.54. The topological polar surface area (TPSA) is 76.4 Å². The molecule has 0 bridgehead atoms. The van der Waals surface area contributed by atoms with Crippen molar-refractivity contribution in [1.82, 2.24) is 0 Å². The number of nitrogens with zero attached hydrogens (tertiary/aromatic N) is 1. The maximum absolute atomic E-state index is 10.9. The summed E-state index contributed by atoms with van der Waals surface area (Å²) < 4.78 is 8.88. The summed E-state index contributed by atoms with van der Waals surface area (Å²) in [5.41, 5.74) is 0. The Labute approximate surface area is 82.6 Å². The van der Waals surface area contributed by atoms with Gasteiger partial charge in [0.2, 0.25) is 0 Å². The van der Waals surface area contributed by atoms with E-state index >= 15 is 0 Å². The van der Waals surface area contributed by atoms with Gasteiger partial charge in [-0.05, 0) is 5.92 Å². The highest BCUT2D eigenvalue weighted by molar-refractivity contribution is 5.73. The van der Waals surface area contributed by atoms with Crippen LogP contribution in [0.25, 0.3) is 0 Å². The standard InChI is InChI=1S/C9H13NO4/c1-13-8(11)5-7(3-4-10)6-9(12)14-2/h7H,3,5-6H2,1-2H3. The Bertz CT molecular complexity index is 226. The van der Waals surface area contributed by atoms with Gasteiger partial charge in [0.25, 0.3) is 0 Å². The minimum absolute atomic E-state index is 0.0686. The molecule has 5 heteroatoms. The fraction of sp³-hybridized carbons (Fsp3) is 0.667. The van der Waals surface area contributed by atoms with Crippen LogP contribution in [0.2, 0.25) is 0 Å². The van der Waals surface area contributed by atoms with E-state index in [9.17, 15) is 9.59 Å². The highest BCUT2D eigenvalue weighted by Crippen LogP contribution is 2.14. The third kappa shape index (κ3) is 5.14. The van der Waals surface area contributed by atoms with Gasteiger partial charge in [0.05, 0.1) is 20.3 Å². The van der Waals surface area contributed by atoms with Crippen molar-refractivity contribution in [2.45, 2.75) is 19.3 Å². The molecule has 78 valence electrons. The molecule has 0 unspecified atom stereocenters. The summed E-state index contributed by atoms with van der Waals surface area (Å²) in [6.45, 7) is 0. The summed E-state index contributed by atoms with van der Waals surface area (Å²) in [6, 6.07) is 1.91. The molecule has 0 heterocycles. The third-order valence-corrected chi connectivity index (χ3v) is 1.75. The minimum Gasteiger partial charge on any atom is -0.469 e. The highest BCUT2D eigenvalue weighted by Gasteiger charge is 2.18. The summed E-state index contributed by atoms with van der Waals surface area (Å²) in [6.07, 6.45) is 0.280. The van der Waals surface area contributed by atoms with Gasteiger partial charge in [0.1, 0.15) is 0 Å². The van der Waals surface area contributed by atoms with Crippen LogP contribution in [0.4, 0.5) is 0 Å². The molecule has 0 aliphatic carbocycles. The van der Waals surface area contributed by atoms with Gasteiger partial charge in [-0.2, -0.15) is 5.26 Å². The van der Waals surface area contributed by atoms with Gasteiger partial charge in [-0.15, -0.1) is 0 Å². The number of carbonyl (C=O) groups is 2. The number of carbonyl (C=O) groups excluding carboxylic acids is 2. The quantitative estimate of drug-likeness (QED) is 0.607. The zero-order chi connectivity index (χ0) is 11.0. The number of hydrogen-bond acceptors (Lipinski definition) is 5. The molecule has 0 aliphatic rings. The normalized spacial score (nSPS) is 9.29. The van der Waals surface area contributed by atoms with E-state index in [2.05, 4.69) is 9.47 Å². The van der Waals surface area contributed by atoms with Crippen molar-refractivity contribution in [3.05, 3.63) is 0 Å². The Morgan fingerprint density at radius 1 is 1.21 bits per heavy atom. The van der Waals surface area contributed by atoms with Crippen LogP contribution in [0.5, 0.6) is 0 Å². The van der Waals surface area contributed by atoms with Crippen molar-refractivity contribution in [2.75, 3.05) is 14.2 Å². The number of hydrogen-bond donors (Lipinski definition) is 0. The summed E-state index contributed by atoms with van der Waals surface area (Å²) in [5, 5.41) is 8.45. The highest BCUT2D eigenvalue weighted by atomic mass is 16.5. The molecule has 0 saturated heterocycles. The molecule has 0 saturated carbocycles. The number of esters is 2. The Morgan fingerprint density at radius 3 is 1.93 bits per heavy atom. The lowest BCUT2D eigenvalue weighted by Crippen LogP contribution is -2.14. The number of rotatable bonds is 5. The van der Waals surface area contributed by atoms with Crippen molar-refractivity contribution in [2.24, 2.45) is 5.92 Å². The van der Waals surface area contributed by atoms with Gasteiger partial charge in [0.15, 0.2) is 0 Å². The number of ether oxygens (including phenoxy) is 2. The van der Waals surface area contributed by atoms with Crippen molar-refractivity contribution in [3.63, 3.8) is 0 Å². The number of methoxy groups -OCH3 is 2. The van der Waals surface area contributed by atoms with Crippen LogP contribution >= 0.6 is 0 Å². The maximum Gasteiger partial charge on any atom is 0.305 e. The van der Waals surface area contributed by atoms with Gasteiger partial charge in [0, 0.05) is 19.3 Å². The van der Waals surface area contributed by atoms with Gasteiger partial charge < -0.3 is 9.47 Å². The monoisotopic (exact) mass is 199 g/mol. The van der Waals surface area contributed by atoms with Gasteiger partial charge in [-0.25, -0.2) is 0 Å². The third-order valence-electron chi connectivity index (χ3n) is 1.75. The van der Waals surface area contributed by atoms with Crippen molar-refractivity contribution >= 4 is 11.9 Å². The summed E-state index contributed by atoms with van der Waals surface area (Å²) >= 11 is 0. The van der Waals surface area contributed by atoms with E-state index in [1.807, 2.05) is 6.07 Å². The fourth-order valence-corrected chi connectivity index (χ4v) is 0.984. The zero-order valence-corrected chi connectivity index (χ0v) is 8.28.